The normalized spacial score (nSPS) is 11.8. The highest BCUT2D eigenvalue weighted by molar-refractivity contribution is 8.13. The standard InChI is InChI=1S/C19H21N3OS/c1-2-12-23-14-17-10-8-16(9-11-17)13-21-22-19(20)24-15-18-6-4-3-5-7-18/h2-11,13H,1,12,14-15H2,(H2,20,22). The summed E-state index contributed by atoms with van der Waals surface area (Å²) in [6.45, 7) is 4.74. The molecule has 124 valence electrons. The molecule has 2 aromatic carbocycles. The molecule has 4 nitrogen and oxygen atoms in total. The van der Waals surface area contributed by atoms with Crippen molar-refractivity contribution in [2.24, 2.45) is 15.9 Å². The number of thioether (sulfide) groups is 1. The number of amidine groups is 1. The molecule has 0 aliphatic carbocycles. The molecule has 2 rings (SSSR count). The molecule has 0 aliphatic heterocycles. The van der Waals surface area contributed by atoms with E-state index in [0.717, 1.165) is 16.9 Å². The summed E-state index contributed by atoms with van der Waals surface area (Å²) >= 11 is 1.47. The van der Waals surface area contributed by atoms with Crippen LogP contribution in [0.1, 0.15) is 16.7 Å². The summed E-state index contributed by atoms with van der Waals surface area (Å²) in [6, 6.07) is 18.1. The van der Waals surface area contributed by atoms with E-state index < -0.39 is 0 Å². The third-order valence-corrected chi connectivity index (χ3v) is 3.93. The Hall–Kier alpha value is -2.37. The van der Waals surface area contributed by atoms with E-state index in [-0.39, 0.29) is 0 Å². The van der Waals surface area contributed by atoms with Crippen LogP contribution in [0, 0.1) is 0 Å². The van der Waals surface area contributed by atoms with Gasteiger partial charge >= 0.3 is 0 Å². The van der Waals surface area contributed by atoms with E-state index in [0.29, 0.717) is 18.4 Å². The monoisotopic (exact) mass is 339 g/mol. The molecule has 24 heavy (non-hydrogen) atoms. The minimum atomic E-state index is 0.449. The van der Waals surface area contributed by atoms with Crippen molar-refractivity contribution in [1.82, 2.24) is 0 Å². The van der Waals surface area contributed by atoms with Gasteiger partial charge in [-0.3, -0.25) is 0 Å². The zero-order chi connectivity index (χ0) is 17.0. The second-order valence-corrected chi connectivity index (χ2v) is 6.00. The minimum Gasteiger partial charge on any atom is -0.377 e. The first-order chi connectivity index (χ1) is 11.8. The van der Waals surface area contributed by atoms with Crippen LogP contribution in [-0.2, 0) is 17.1 Å². The molecular weight excluding hydrogens is 318 g/mol. The van der Waals surface area contributed by atoms with Crippen LogP contribution in [0.25, 0.3) is 0 Å². The first kappa shape index (κ1) is 18.0. The van der Waals surface area contributed by atoms with E-state index in [1.807, 2.05) is 42.5 Å². The molecule has 0 amide bonds. The fourth-order valence-corrected chi connectivity index (χ4v) is 2.48. The SMILES string of the molecule is C=CCOCc1ccc(C=NN=C(N)SCc2ccccc2)cc1. The molecular formula is C19H21N3OS. The quantitative estimate of drug-likeness (QED) is 0.260. The minimum absolute atomic E-state index is 0.449. The Morgan fingerprint density at radius 3 is 2.54 bits per heavy atom. The van der Waals surface area contributed by atoms with E-state index in [9.17, 15) is 0 Å². The van der Waals surface area contributed by atoms with Crippen molar-refractivity contribution in [3.63, 3.8) is 0 Å². The summed E-state index contributed by atoms with van der Waals surface area (Å²) in [4.78, 5) is 0. The molecule has 5 heteroatoms. The van der Waals surface area contributed by atoms with Crippen LogP contribution in [0.2, 0.25) is 0 Å². The van der Waals surface area contributed by atoms with Gasteiger partial charge in [0, 0.05) is 5.75 Å². The van der Waals surface area contributed by atoms with E-state index in [1.54, 1.807) is 12.3 Å². The van der Waals surface area contributed by atoms with Gasteiger partial charge in [-0.15, -0.1) is 11.7 Å². The third kappa shape index (κ3) is 6.81. The average Bonchev–Trinajstić information content (AvgIpc) is 2.62. The predicted octanol–water partition coefficient (Wildman–Crippen LogP) is 3.97. The molecule has 2 aromatic rings. The number of benzene rings is 2. The molecule has 0 radical (unpaired) electrons. The zero-order valence-corrected chi connectivity index (χ0v) is 14.3. The molecule has 0 aliphatic rings. The molecule has 0 saturated carbocycles. The van der Waals surface area contributed by atoms with Crippen molar-refractivity contribution in [3.8, 4) is 0 Å². The number of rotatable bonds is 8. The lowest BCUT2D eigenvalue weighted by atomic mass is 10.1. The highest BCUT2D eigenvalue weighted by Gasteiger charge is 1.96. The first-order valence-corrected chi connectivity index (χ1v) is 8.57. The van der Waals surface area contributed by atoms with Crippen molar-refractivity contribution in [2.75, 3.05) is 6.61 Å². The Morgan fingerprint density at radius 1 is 1.08 bits per heavy atom. The highest BCUT2D eigenvalue weighted by atomic mass is 32.2. The fraction of sp³-hybridized carbons (Fsp3) is 0.158. The van der Waals surface area contributed by atoms with E-state index in [1.165, 1.54) is 17.3 Å². The number of hydrogen-bond acceptors (Lipinski definition) is 4. The van der Waals surface area contributed by atoms with Gasteiger partial charge in [-0.1, -0.05) is 72.4 Å². The Balaban J connectivity index is 1.80. The number of ether oxygens (including phenoxy) is 1. The molecule has 0 heterocycles. The van der Waals surface area contributed by atoms with Crippen LogP contribution in [0.15, 0.2) is 77.5 Å². The molecule has 0 spiro atoms. The molecule has 0 atom stereocenters. The zero-order valence-electron chi connectivity index (χ0n) is 13.5. The highest BCUT2D eigenvalue weighted by Crippen LogP contribution is 2.11. The number of nitrogens with two attached hydrogens (primary N) is 1. The third-order valence-electron chi connectivity index (χ3n) is 3.08. The largest absolute Gasteiger partial charge is 0.377 e. The maximum Gasteiger partial charge on any atom is 0.180 e. The van der Waals surface area contributed by atoms with Crippen LogP contribution in [0.4, 0.5) is 0 Å². The molecule has 0 bridgehead atoms. The van der Waals surface area contributed by atoms with Gasteiger partial charge < -0.3 is 10.5 Å². The Kier molecular flexibility index (Phi) is 7.80. The van der Waals surface area contributed by atoms with Crippen LogP contribution in [-0.4, -0.2) is 18.0 Å². The lowest BCUT2D eigenvalue weighted by molar-refractivity contribution is 0.149. The summed E-state index contributed by atoms with van der Waals surface area (Å²) in [5.41, 5.74) is 9.13. The van der Waals surface area contributed by atoms with Crippen molar-refractivity contribution in [2.45, 2.75) is 12.4 Å². The molecule has 0 saturated heterocycles. The van der Waals surface area contributed by atoms with Crippen molar-refractivity contribution in [1.29, 1.82) is 0 Å². The Morgan fingerprint density at radius 2 is 1.83 bits per heavy atom. The van der Waals surface area contributed by atoms with Crippen LogP contribution < -0.4 is 5.73 Å². The summed E-state index contributed by atoms with van der Waals surface area (Å²) < 4.78 is 5.39. The smallest absolute Gasteiger partial charge is 0.180 e. The lowest BCUT2D eigenvalue weighted by Gasteiger charge is -2.01. The number of hydrogen-bond donors (Lipinski definition) is 1. The molecule has 0 aromatic heterocycles. The summed E-state index contributed by atoms with van der Waals surface area (Å²) in [7, 11) is 0. The van der Waals surface area contributed by atoms with E-state index >= 15 is 0 Å². The van der Waals surface area contributed by atoms with Gasteiger partial charge in [0.15, 0.2) is 5.17 Å². The van der Waals surface area contributed by atoms with Crippen molar-refractivity contribution >= 4 is 23.1 Å². The Labute approximate surface area is 147 Å². The van der Waals surface area contributed by atoms with Gasteiger partial charge in [0.2, 0.25) is 0 Å². The fourth-order valence-electron chi connectivity index (χ4n) is 1.87. The van der Waals surface area contributed by atoms with Gasteiger partial charge in [0.25, 0.3) is 0 Å². The van der Waals surface area contributed by atoms with Crippen LogP contribution in [0.3, 0.4) is 0 Å². The van der Waals surface area contributed by atoms with Gasteiger partial charge in [-0.05, 0) is 16.7 Å². The van der Waals surface area contributed by atoms with Gasteiger partial charge in [0.05, 0.1) is 19.4 Å². The van der Waals surface area contributed by atoms with Gasteiger partial charge in [-0.2, -0.15) is 5.10 Å². The van der Waals surface area contributed by atoms with Gasteiger partial charge in [0.1, 0.15) is 0 Å². The molecule has 2 N–H and O–H groups in total. The predicted molar refractivity (Wildman–Crippen MR) is 103 cm³/mol. The first-order valence-electron chi connectivity index (χ1n) is 7.58. The van der Waals surface area contributed by atoms with Crippen molar-refractivity contribution in [3.05, 3.63) is 83.9 Å². The second kappa shape index (κ2) is 10.4. The maximum absolute atomic E-state index is 5.85. The topological polar surface area (TPSA) is 60.0 Å². The van der Waals surface area contributed by atoms with Crippen LogP contribution in [0.5, 0.6) is 0 Å². The molecule has 0 unspecified atom stereocenters. The summed E-state index contributed by atoms with van der Waals surface area (Å²) in [5, 5.41) is 8.49. The van der Waals surface area contributed by atoms with Crippen molar-refractivity contribution < 1.29 is 4.74 Å². The van der Waals surface area contributed by atoms with Crippen LogP contribution >= 0.6 is 11.8 Å². The number of nitrogens with zero attached hydrogens (tertiary/aromatic N) is 2. The summed E-state index contributed by atoms with van der Waals surface area (Å²) in [5.74, 6) is 0.783. The van der Waals surface area contributed by atoms with Gasteiger partial charge in [-0.25, -0.2) is 0 Å². The Bertz CT molecular complexity index is 682. The lowest BCUT2D eigenvalue weighted by Crippen LogP contribution is -2.06. The van der Waals surface area contributed by atoms with E-state index in [2.05, 4.69) is 28.9 Å². The maximum atomic E-state index is 5.85. The second-order valence-electron chi connectivity index (χ2n) is 5.00. The average molecular weight is 339 g/mol. The summed E-state index contributed by atoms with van der Waals surface area (Å²) in [6.07, 6.45) is 3.42. The molecule has 0 fully saturated rings. The van der Waals surface area contributed by atoms with E-state index in [4.69, 9.17) is 10.5 Å².